The summed E-state index contributed by atoms with van der Waals surface area (Å²) in [5.41, 5.74) is 0. The molecule has 1 fully saturated rings. The molecule has 0 aromatic carbocycles. The minimum atomic E-state index is -0.0195. The highest BCUT2D eigenvalue weighted by molar-refractivity contribution is 5.80. The summed E-state index contributed by atoms with van der Waals surface area (Å²) in [6, 6.07) is 0.549. The molecule has 0 aliphatic carbocycles. The zero-order valence-corrected chi connectivity index (χ0v) is 11.5. The number of likely N-dealkylation sites (N-methyl/N-ethyl adjacent to an activating group) is 1. The maximum Gasteiger partial charge on any atom is 0.236 e. The molecule has 2 N–H and O–H groups in total. The van der Waals surface area contributed by atoms with E-state index in [2.05, 4.69) is 22.5 Å². The van der Waals surface area contributed by atoms with Gasteiger partial charge in [-0.2, -0.15) is 0 Å². The number of nitrogens with zero attached hydrogens (tertiary/aromatic N) is 1. The molecule has 1 aliphatic rings. The fourth-order valence-corrected chi connectivity index (χ4v) is 2.37. The highest BCUT2D eigenvalue weighted by Gasteiger charge is 2.24. The number of nitrogens with one attached hydrogen (secondary N) is 2. The van der Waals surface area contributed by atoms with Gasteiger partial charge in [0.2, 0.25) is 5.91 Å². The van der Waals surface area contributed by atoms with Crippen LogP contribution in [-0.4, -0.2) is 49.6 Å². The van der Waals surface area contributed by atoms with Gasteiger partial charge in [-0.3, -0.25) is 9.69 Å². The van der Waals surface area contributed by atoms with Crippen molar-refractivity contribution >= 4 is 5.91 Å². The number of carbonyl (C=O) groups is 1. The van der Waals surface area contributed by atoms with Gasteiger partial charge >= 0.3 is 0 Å². The number of hydrogen-bond acceptors (Lipinski definition) is 3. The molecule has 1 heterocycles. The van der Waals surface area contributed by atoms with E-state index in [0.29, 0.717) is 6.04 Å². The topological polar surface area (TPSA) is 44.4 Å². The Morgan fingerprint density at radius 2 is 2.35 bits per heavy atom. The first-order valence-electron chi connectivity index (χ1n) is 6.88. The smallest absolute Gasteiger partial charge is 0.236 e. The van der Waals surface area contributed by atoms with Gasteiger partial charge in [-0.25, -0.2) is 0 Å². The van der Waals surface area contributed by atoms with Gasteiger partial charge in [-0.05, 0) is 39.3 Å². The van der Waals surface area contributed by atoms with Crippen LogP contribution in [0.5, 0.6) is 0 Å². The molecule has 0 bridgehead atoms. The number of hydrogen-bond donors (Lipinski definition) is 2. The Bertz CT molecular complexity index is 227. The van der Waals surface area contributed by atoms with E-state index in [1.165, 1.54) is 19.3 Å². The molecule has 0 aromatic heterocycles. The summed E-state index contributed by atoms with van der Waals surface area (Å²) in [5.74, 6) is 0.124. The van der Waals surface area contributed by atoms with E-state index in [4.69, 9.17) is 0 Å². The first kappa shape index (κ1) is 14.5. The normalized spacial score (nSPS) is 21.8. The summed E-state index contributed by atoms with van der Waals surface area (Å²) in [6.07, 6.45) is 4.84. The molecule has 4 heteroatoms. The van der Waals surface area contributed by atoms with Crippen LogP contribution in [-0.2, 0) is 4.79 Å². The lowest BCUT2D eigenvalue weighted by Gasteiger charge is -2.30. The van der Waals surface area contributed by atoms with Gasteiger partial charge in [-0.15, -0.1) is 0 Å². The minimum Gasteiger partial charge on any atom is -0.358 e. The van der Waals surface area contributed by atoms with Crippen LogP contribution < -0.4 is 10.6 Å². The Morgan fingerprint density at radius 3 is 2.88 bits per heavy atom. The van der Waals surface area contributed by atoms with Crippen molar-refractivity contribution in [3.63, 3.8) is 0 Å². The van der Waals surface area contributed by atoms with Crippen LogP contribution in [0.25, 0.3) is 0 Å². The van der Waals surface area contributed by atoms with Crippen molar-refractivity contribution in [2.24, 2.45) is 0 Å². The molecular formula is C13H27N3O. The summed E-state index contributed by atoms with van der Waals surface area (Å²) in [6.45, 7) is 7.33. The molecule has 0 saturated carbocycles. The summed E-state index contributed by atoms with van der Waals surface area (Å²) >= 11 is 0. The lowest BCUT2D eigenvalue weighted by atomic mass is 10.1. The zero-order valence-electron chi connectivity index (χ0n) is 11.5. The average Bonchev–Trinajstić information content (AvgIpc) is 2.85. The molecule has 0 aromatic rings. The van der Waals surface area contributed by atoms with Crippen LogP contribution in [0.3, 0.4) is 0 Å². The second-order valence-electron chi connectivity index (χ2n) is 4.93. The lowest BCUT2D eigenvalue weighted by Crippen LogP contribution is -2.48. The third-order valence-electron chi connectivity index (χ3n) is 3.59. The second kappa shape index (κ2) is 7.67. The fourth-order valence-electron chi connectivity index (χ4n) is 2.37. The van der Waals surface area contributed by atoms with Crippen molar-refractivity contribution in [1.82, 2.24) is 15.5 Å². The summed E-state index contributed by atoms with van der Waals surface area (Å²) in [7, 11) is 1.71. The molecule has 4 nitrogen and oxygen atoms in total. The van der Waals surface area contributed by atoms with Crippen molar-refractivity contribution in [3.8, 4) is 0 Å². The van der Waals surface area contributed by atoms with Gasteiger partial charge in [-0.1, -0.05) is 13.3 Å². The SMILES string of the molecule is CCCCN(CC1CCCN1)C(C)C(=O)NC. The highest BCUT2D eigenvalue weighted by Crippen LogP contribution is 2.10. The molecule has 0 radical (unpaired) electrons. The van der Waals surface area contributed by atoms with Crippen molar-refractivity contribution in [2.45, 2.75) is 51.6 Å². The Morgan fingerprint density at radius 1 is 1.59 bits per heavy atom. The molecule has 2 unspecified atom stereocenters. The number of carbonyl (C=O) groups excluding carboxylic acids is 1. The van der Waals surface area contributed by atoms with Gasteiger partial charge in [0, 0.05) is 19.6 Å². The van der Waals surface area contributed by atoms with E-state index < -0.39 is 0 Å². The van der Waals surface area contributed by atoms with Crippen LogP contribution in [0.1, 0.15) is 39.5 Å². The van der Waals surface area contributed by atoms with Gasteiger partial charge in [0.1, 0.15) is 0 Å². The van der Waals surface area contributed by atoms with Gasteiger partial charge in [0.05, 0.1) is 6.04 Å². The molecule has 100 valence electrons. The lowest BCUT2D eigenvalue weighted by molar-refractivity contribution is -0.125. The van der Waals surface area contributed by atoms with E-state index in [1.807, 2.05) is 6.92 Å². The standard InChI is InChI=1S/C13H27N3O/c1-4-5-9-16(11(2)13(17)14-3)10-12-7-6-8-15-12/h11-12,15H,4-10H2,1-3H3,(H,14,17). The number of unbranched alkanes of at least 4 members (excludes halogenated alkanes) is 1. The molecule has 1 rings (SSSR count). The zero-order chi connectivity index (χ0) is 12.7. The first-order valence-corrected chi connectivity index (χ1v) is 6.88. The maximum atomic E-state index is 11.7. The van der Waals surface area contributed by atoms with Crippen molar-refractivity contribution < 1.29 is 4.79 Å². The number of rotatable bonds is 7. The Hall–Kier alpha value is -0.610. The van der Waals surface area contributed by atoms with E-state index in [9.17, 15) is 4.79 Å². The molecule has 1 amide bonds. The van der Waals surface area contributed by atoms with Crippen LogP contribution in [0, 0.1) is 0 Å². The van der Waals surface area contributed by atoms with Crippen LogP contribution in [0.4, 0.5) is 0 Å². The van der Waals surface area contributed by atoms with E-state index >= 15 is 0 Å². The van der Waals surface area contributed by atoms with E-state index in [0.717, 1.165) is 26.1 Å². The summed E-state index contributed by atoms with van der Waals surface area (Å²) in [5, 5.41) is 6.25. The second-order valence-corrected chi connectivity index (χ2v) is 4.93. The predicted octanol–water partition coefficient (Wildman–Crippen LogP) is 0.975. The van der Waals surface area contributed by atoms with E-state index in [1.54, 1.807) is 7.05 Å². The quantitative estimate of drug-likeness (QED) is 0.698. The predicted molar refractivity (Wildman–Crippen MR) is 71.0 cm³/mol. The monoisotopic (exact) mass is 241 g/mol. The number of amides is 1. The molecule has 17 heavy (non-hydrogen) atoms. The molecule has 2 atom stereocenters. The average molecular weight is 241 g/mol. The van der Waals surface area contributed by atoms with Gasteiger partial charge in [0.25, 0.3) is 0 Å². The Kier molecular flexibility index (Phi) is 6.52. The van der Waals surface area contributed by atoms with E-state index in [-0.39, 0.29) is 11.9 Å². The van der Waals surface area contributed by atoms with Crippen LogP contribution in [0.15, 0.2) is 0 Å². The van der Waals surface area contributed by atoms with Gasteiger partial charge < -0.3 is 10.6 Å². The van der Waals surface area contributed by atoms with Crippen LogP contribution in [0.2, 0.25) is 0 Å². The Balaban J connectivity index is 2.48. The molecular weight excluding hydrogens is 214 g/mol. The first-order chi connectivity index (χ1) is 8.19. The largest absolute Gasteiger partial charge is 0.358 e. The molecule has 1 aliphatic heterocycles. The maximum absolute atomic E-state index is 11.7. The van der Waals surface area contributed by atoms with Crippen LogP contribution >= 0.6 is 0 Å². The third kappa shape index (κ3) is 4.64. The van der Waals surface area contributed by atoms with Crippen molar-refractivity contribution in [2.75, 3.05) is 26.7 Å². The highest BCUT2D eigenvalue weighted by atomic mass is 16.2. The summed E-state index contributed by atoms with van der Waals surface area (Å²) in [4.78, 5) is 14.0. The fraction of sp³-hybridized carbons (Fsp3) is 0.923. The van der Waals surface area contributed by atoms with Crippen molar-refractivity contribution in [3.05, 3.63) is 0 Å². The minimum absolute atomic E-state index is 0.0195. The molecule has 1 saturated heterocycles. The van der Waals surface area contributed by atoms with Crippen molar-refractivity contribution in [1.29, 1.82) is 0 Å². The third-order valence-corrected chi connectivity index (χ3v) is 3.59. The van der Waals surface area contributed by atoms with Gasteiger partial charge in [0.15, 0.2) is 0 Å². The molecule has 0 spiro atoms. The Labute approximate surface area is 105 Å². The summed E-state index contributed by atoms with van der Waals surface area (Å²) < 4.78 is 0.